The Morgan fingerprint density at radius 3 is 1.74 bits per heavy atom. The van der Waals surface area contributed by atoms with Crippen LogP contribution in [0, 0.1) is 6.92 Å². The van der Waals surface area contributed by atoms with E-state index in [2.05, 4.69) is 27.4 Å². The van der Waals surface area contributed by atoms with E-state index in [0.717, 1.165) is 24.8 Å². The number of hydrogen-bond donors (Lipinski definition) is 0. The molecule has 3 rings (SSSR count). The van der Waals surface area contributed by atoms with Crippen LogP contribution >= 0.6 is 23.2 Å². The van der Waals surface area contributed by atoms with Gasteiger partial charge in [-0.15, -0.1) is 0 Å². The van der Waals surface area contributed by atoms with Crippen LogP contribution in [-0.2, 0) is 0 Å². The molecule has 0 aliphatic rings. The third kappa shape index (κ3) is 7.16. The number of ether oxygens (including phenoxy) is 1. The molecule has 7 heteroatoms. The summed E-state index contributed by atoms with van der Waals surface area (Å²) in [5.74, 6) is 0.668. The minimum atomic E-state index is 0.528. The van der Waals surface area contributed by atoms with E-state index < -0.39 is 0 Å². The molecule has 0 aromatic heterocycles. The van der Waals surface area contributed by atoms with Crippen molar-refractivity contribution in [2.45, 2.75) is 33.1 Å². The van der Waals surface area contributed by atoms with Crippen molar-refractivity contribution in [1.29, 1.82) is 0 Å². The molecule has 160 valence electrons. The molecule has 0 N–H and O–H groups in total. The van der Waals surface area contributed by atoms with Crippen LogP contribution < -0.4 is 4.74 Å². The Bertz CT molecular complexity index is 1070. The van der Waals surface area contributed by atoms with E-state index in [1.165, 1.54) is 0 Å². The molecule has 0 spiro atoms. The number of hydrogen-bond acceptors (Lipinski definition) is 5. The van der Waals surface area contributed by atoms with Gasteiger partial charge in [-0.1, -0.05) is 49.0 Å². The van der Waals surface area contributed by atoms with Gasteiger partial charge in [0.25, 0.3) is 0 Å². The van der Waals surface area contributed by atoms with E-state index in [4.69, 9.17) is 27.9 Å². The molecule has 0 saturated heterocycles. The molecule has 5 nitrogen and oxygen atoms in total. The molecule has 3 aromatic rings. The van der Waals surface area contributed by atoms with Crippen LogP contribution in [0.1, 0.15) is 31.7 Å². The minimum absolute atomic E-state index is 0.528. The number of benzene rings is 3. The number of nitrogens with zero attached hydrogens (tertiary/aromatic N) is 4. The Balaban J connectivity index is 1.59. The standard InChI is InChI=1S/C24H24Cl2N4O/c1-3-4-5-14-31-24-13-12-21(16-23(24)26)30-28-19-10-8-18(9-11-19)27-29-20-7-6-17(2)22(25)15-20/h6-13,15-16H,3-5,14H2,1-2H3. The molecule has 0 amide bonds. The van der Waals surface area contributed by atoms with Gasteiger partial charge in [0.05, 0.1) is 34.4 Å². The average molecular weight is 455 g/mol. The first-order valence-electron chi connectivity index (χ1n) is 10.2. The number of azo groups is 2. The summed E-state index contributed by atoms with van der Waals surface area (Å²) in [7, 11) is 0. The van der Waals surface area contributed by atoms with E-state index >= 15 is 0 Å². The summed E-state index contributed by atoms with van der Waals surface area (Å²) in [4.78, 5) is 0. The molecule has 0 aliphatic heterocycles. The molecule has 0 heterocycles. The van der Waals surface area contributed by atoms with Crippen LogP contribution in [-0.4, -0.2) is 6.61 Å². The van der Waals surface area contributed by atoms with Gasteiger partial charge in [-0.05, 0) is 73.5 Å². The zero-order valence-electron chi connectivity index (χ0n) is 17.6. The number of aryl methyl sites for hydroxylation is 1. The van der Waals surface area contributed by atoms with Gasteiger partial charge in [0.1, 0.15) is 5.75 Å². The summed E-state index contributed by atoms with van der Waals surface area (Å²) in [5.41, 5.74) is 3.78. The molecule has 0 radical (unpaired) electrons. The quantitative estimate of drug-likeness (QED) is 0.234. The second-order valence-corrected chi connectivity index (χ2v) is 7.83. The van der Waals surface area contributed by atoms with Gasteiger partial charge in [-0.2, -0.15) is 20.5 Å². The zero-order chi connectivity index (χ0) is 22.1. The number of halogens is 2. The van der Waals surface area contributed by atoms with Gasteiger partial charge in [-0.3, -0.25) is 0 Å². The Kier molecular flexibility index (Phi) is 8.56. The monoisotopic (exact) mass is 454 g/mol. The summed E-state index contributed by atoms with van der Waals surface area (Å²) < 4.78 is 5.71. The summed E-state index contributed by atoms with van der Waals surface area (Å²) in [6.07, 6.45) is 3.31. The second-order valence-electron chi connectivity index (χ2n) is 7.02. The highest BCUT2D eigenvalue weighted by atomic mass is 35.5. The molecule has 0 fully saturated rings. The van der Waals surface area contributed by atoms with Crippen LogP contribution in [0.4, 0.5) is 22.7 Å². The lowest BCUT2D eigenvalue weighted by Gasteiger charge is -2.07. The van der Waals surface area contributed by atoms with Crippen molar-refractivity contribution >= 4 is 46.0 Å². The van der Waals surface area contributed by atoms with Gasteiger partial charge in [0.2, 0.25) is 0 Å². The Morgan fingerprint density at radius 2 is 1.19 bits per heavy atom. The molecule has 0 saturated carbocycles. The lowest BCUT2D eigenvalue weighted by molar-refractivity contribution is 0.306. The summed E-state index contributed by atoms with van der Waals surface area (Å²) >= 11 is 12.4. The van der Waals surface area contributed by atoms with E-state index in [9.17, 15) is 0 Å². The SMILES string of the molecule is CCCCCOc1ccc(N=Nc2ccc(N=Nc3ccc(C)c(Cl)c3)cc2)cc1Cl. The van der Waals surface area contributed by atoms with Gasteiger partial charge < -0.3 is 4.74 Å². The highest BCUT2D eigenvalue weighted by Crippen LogP contribution is 2.31. The summed E-state index contributed by atoms with van der Waals surface area (Å²) in [6.45, 7) is 4.77. The van der Waals surface area contributed by atoms with Gasteiger partial charge in [-0.25, -0.2) is 0 Å². The Morgan fingerprint density at radius 1 is 0.677 bits per heavy atom. The maximum atomic E-state index is 6.29. The van der Waals surface area contributed by atoms with Crippen LogP contribution in [0.2, 0.25) is 10.0 Å². The lowest BCUT2D eigenvalue weighted by atomic mass is 10.2. The fourth-order valence-electron chi connectivity index (χ4n) is 2.66. The van der Waals surface area contributed by atoms with E-state index in [1.54, 1.807) is 12.1 Å². The van der Waals surface area contributed by atoms with Gasteiger partial charge in [0, 0.05) is 5.02 Å². The fraction of sp³-hybridized carbons (Fsp3) is 0.250. The first-order valence-corrected chi connectivity index (χ1v) is 10.9. The summed E-state index contributed by atoms with van der Waals surface area (Å²) in [6, 6.07) is 18.3. The van der Waals surface area contributed by atoms with Crippen molar-refractivity contribution in [1.82, 2.24) is 0 Å². The van der Waals surface area contributed by atoms with Crippen molar-refractivity contribution in [3.8, 4) is 5.75 Å². The molecule has 31 heavy (non-hydrogen) atoms. The topological polar surface area (TPSA) is 58.7 Å². The zero-order valence-corrected chi connectivity index (χ0v) is 19.1. The molecular weight excluding hydrogens is 431 g/mol. The lowest BCUT2D eigenvalue weighted by Crippen LogP contribution is -1.97. The molecule has 0 unspecified atom stereocenters. The van der Waals surface area contributed by atoms with Crippen LogP contribution in [0.15, 0.2) is 81.1 Å². The maximum Gasteiger partial charge on any atom is 0.138 e. The third-order valence-corrected chi connectivity index (χ3v) is 5.19. The molecule has 0 atom stereocenters. The van der Waals surface area contributed by atoms with Crippen LogP contribution in [0.25, 0.3) is 0 Å². The smallest absolute Gasteiger partial charge is 0.138 e. The minimum Gasteiger partial charge on any atom is -0.492 e. The van der Waals surface area contributed by atoms with Crippen molar-refractivity contribution < 1.29 is 4.74 Å². The number of rotatable bonds is 9. The van der Waals surface area contributed by atoms with Crippen LogP contribution in [0.3, 0.4) is 0 Å². The largest absolute Gasteiger partial charge is 0.492 e. The first-order chi connectivity index (χ1) is 15.0. The number of unbranched alkanes of at least 4 members (excludes halogenated alkanes) is 2. The van der Waals surface area contributed by atoms with E-state index in [1.807, 2.05) is 55.5 Å². The molecular formula is C24H24Cl2N4O. The normalized spacial score (nSPS) is 11.5. The van der Waals surface area contributed by atoms with Gasteiger partial charge in [0.15, 0.2) is 0 Å². The average Bonchev–Trinajstić information content (AvgIpc) is 2.78. The third-order valence-electron chi connectivity index (χ3n) is 4.49. The van der Waals surface area contributed by atoms with Gasteiger partial charge >= 0.3 is 0 Å². The van der Waals surface area contributed by atoms with Crippen LogP contribution in [0.5, 0.6) is 5.75 Å². The highest BCUT2D eigenvalue weighted by Gasteiger charge is 2.03. The van der Waals surface area contributed by atoms with Crippen molar-refractivity contribution in [2.24, 2.45) is 20.5 Å². The summed E-state index contributed by atoms with van der Waals surface area (Å²) in [5, 5.41) is 18.1. The van der Waals surface area contributed by atoms with Crippen molar-refractivity contribution in [3.05, 3.63) is 76.3 Å². The predicted molar refractivity (Wildman–Crippen MR) is 127 cm³/mol. The van der Waals surface area contributed by atoms with Crippen molar-refractivity contribution in [2.75, 3.05) is 6.61 Å². The van der Waals surface area contributed by atoms with Crippen molar-refractivity contribution in [3.63, 3.8) is 0 Å². The van der Waals surface area contributed by atoms with E-state index in [-0.39, 0.29) is 0 Å². The molecule has 0 bridgehead atoms. The van der Waals surface area contributed by atoms with E-state index in [0.29, 0.717) is 45.2 Å². The first kappa shape index (κ1) is 22.9. The highest BCUT2D eigenvalue weighted by molar-refractivity contribution is 6.32. The second kappa shape index (κ2) is 11.6. The Hall–Kier alpha value is -2.76. The fourth-order valence-corrected chi connectivity index (χ4v) is 3.07. The Labute approximate surface area is 192 Å². The maximum absolute atomic E-state index is 6.29. The molecule has 3 aromatic carbocycles. The molecule has 0 aliphatic carbocycles. The predicted octanol–water partition coefficient (Wildman–Crippen LogP) is 9.70.